The van der Waals surface area contributed by atoms with Crippen molar-refractivity contribution in [3.05, 3.63) is 12.4 Å². The monoisotopic (exact) mass is 420 g/mol. The van der Waals surface area contributed by atoms with Gasteiger partial charge in [0, 0.05) is 38.6 Å². The van der Waals surface area contributed by atoms with E-state index < -0.39 is 16.8 Å². The maximum atomic E-state index is 12.2. The van der Waals surface area contributed by atoms with Gasteiger partial charge in [0.05, 0.1) is 11.2 Å². The number of ether oxygens (including phenoxy) is 1. The third-order valence-electron chi connectivity index (χ3n) is 5.74. The van der Waals surface area contributed by atoms with Gasteiger partial charge in [-0.25, -0.2) is 14.8 Å². The van der Waals surface area contributed by atoms with E-state index in [1.807, 2.05) is 41.7 Å². The fourth-order valence-corrected chi connectivity index (χ4v) is 2.97. The number of carbonyl (C=O) groups is 1. The average molecular weight is 420 g/mol. The molecule has 1 fully saturated rings. The zero-order valence-electron chi connectivity index (χ0n) is 19.7. The van der Waals surface area contributed by atoms with Gasteiger partial charge in [-0.2, -0.15) is 0 Å². The third-order valence-corrected chi connectivity index (χ3v) is 5.74. The summed E-state index contributed by atoms with van der Waals surface area (Å²) in [6.45, 7) is 14.1. The Kier molecular flexibility index (Phi) is 7.40. The fraction of sp³-hybridized carbons (Fsp3) is 0.762. The first-order valence-corrected chi connectivity index (χ1v) is 10.6. The molecule has 1 N–H and O–H groups in total. The van der Waals surface area contributed by atoms with Crippen LogP contribution in [-0.4, -0.2) is 76.5 Å². The molecule has 0 atom stereocenters. The molecular weight excluding hydrogens is 383 g/mol. The van der Waals surface area contributed by atoms with E-state index in [4.69, 9.17) is 9.39 Å². The second-order valence-corrected chi connectivity index (χ2v) is 10.1. The van der Waals surface area contributed by atoms with Gasteiger partial charge in [0.15, 0.2) is 0 Å². The predicted octanol–water partition coefficient (Wildman–Crippen LogP) is 1.86. The molecule has 1 aromatic rings. The number of piperidine rings is 1. The molecule has 1 aromatic heterocycles. The Hall–Kier alpha value is -1.87. The van der Waals surface area contributed by atoms with Crippen molar-refractivity contribution in [3.63, 3.8) is 0 Å². The Labute approximate surface area is 181 Å². The quantitative estimate of drug-likeness (QED) is 0.703. The highest BCUT2D eigenvalue weighted by atomic mass is 16.6. The molecule has 1 aliphatic rings. The van der Waals surface area contributed by atoms with Crippen LogP contribution in [-0.2, 0) is 9.39 Å². The molecule has 0 bridgehead atoms. The maximum absolute atomic E-state index is 12.2. The van der Waals surface area contributed by atoms with Crippen molar-refractivity contribution >= 4 is 25.0 Å². The van der Waals surface area contributed by atoms with Gasteiger partial charge in [0.2, 0.25) is 5.95 Å². The molecule has 8 nitrogen and oxygen atoms in total. The van der Waals surface area contributed by atoms with Crippen LogP contribution in [0.1, 0.15) is 61.3 Å². The molecule has 2 heterocycles. The topological polar surface area (TPSA) is 88.0 Å². The largest absolute Gasteiger partial charge is 0.444 e. The van der Waals surface area contributed by atoms with Gasteiger partial charge in [-0.3, -0.25) is 0 Å². The first-order chi connectivity index (χ1) is 13.7. The van der Waals surface area contributed by atoms with Gasteiger partial charge in [0.25, 0.3) is 0 Å². The maximum Gasteiger partial charge on any atom is 0.410 e. The van der Waals surface area contributed by atoms with Crippen molar-refractivity contribution in [2.75, 3.05) is 25.0 Å². The number of amides is 1. The number of aliphatic hydroxyl groups is 1. The number of carbonyl (C=O) groups excluding carboxylic acids is 1. The van der Waals surface area contributed by atoms with Crippen LogP contribution in [0.3, 0.4) is 0 Å². The van der Waals surface area contributed by atoms with Crippen LogP contribution >= 0.6 is 0 Å². The van der Waals surface area contributed by atoms with E-state index in [1.165, 1.54) is 0 Å². The normalized spacial score (nSPS) is 16.4. The number of anilines is 1. The van der Waals surface area contributed by atoms with Crippen molar-refractivity contribution in [2.24, 2.45) is 0 Å². The summed E-state index contributed by atoms with van der Waals surface area (Å²) in [5.74, 6) is 0.649. The van der Waals surface area contributed by atoms with Gasteiger partial charge in [-0.05, 0) is 66.8 Å². The second kappa shape index (κ2) is 9.10. The van der Waals surface area contributed by atoms with E-state index in [2.05, 4.69) is 14.9 Å². The summed E-state index contributed by atoms with van der Waals surface area (Å²) in [5, 5.41) is 10.2. The second-order valence-electron chi connectivity index (χ2n) is 10.1. The molecule has 0 spiro atoms. The van der Waals surface area contributed by atoms with E-state index in [9.17, 15) is 9.90 Å². The van der Waals surface area contributed by atoms with Crippen LogP contribution in [0.25, 0.3) is 0 Å². The molecule has 168 valence electrons. The average Bonchev–Trinajstić information content (AvgIpc) is 2.64. The first-order valence-electron chi connectivity index (χ1n) is 10.6. The number of aromatic nitrogens is 2. The summed E-state index contributed by atoms with van der Waals surface area (Å²) in [6, 6.07) is 0.264. The van der Waals surface area contributed by atoms with Crippen molar-refractivity contribution < 1.29 is 19.3 Å². The van der Waals surface area contributed by atoms with Gasteiger partial charge >= 0.3 is 13.6 Å². The number of nitrogens with zero attached hydrogens (tertiary/aromatic N) is 4. The summed E-state index contributed by atoms with van der Waals surface area (Å²) in [5.41, 5.74) is -1.27. The molecular formula is C21H37BN4O4. The fourth-order valence-electron chi connectivity index (χ4n) is 2.97. The van der Waals surface area contributed by atoms with Crippen LogP contribution in [0, 0.1) is 0 Å². The lowest BCUT2D eigenvalue weighted by Crippen LogP contribution is -2.49. The van der Waals surface area contributed by atoms with Crippen molar-refractivity contribution in [1.29, 1.82) is 0 Å². The Bertz CT molecular complexity index is 705. The molecule has 0 aromatic carbocycles. The Balaban J connectivity index is 1.88. The molecule has 0 aliphatic carbocycles. The lowest BCUT2D eigenvalue weighted by molar-refractivity contribution is -0.0893. The molecule has 2 rings (SSSR count). The van der Waals surface area contributed by atoms with Crippen LogP contribution in [0.15, 0.2) is 12.4 Å². The van der Waals surface area contributed by atoms with Gasteiger partial charge < -0.3 is 24.3 Å². The van der Waals surface area contributed by atoms with Gasteiger partial charge in [-0.15, -0.1) is 0 Å². The van der Waals surface area contributed by atoms with Gasteiger partial charge in [-0.1, -0.05) is 0 Å². The summed E-state index contributed by atoms with van der Waals surface area (Å²) in [6.07, 6.45) is 4.94. The minimum atomic E-state index is -0.956. The highest BCUT2D eigenvalue weighted by molar-refractivity contribution is 6.46. The first kappa shape index (κ1) is 24.4. The molecule has 30 heavy (non-hydrogen) atoms. The molecule has 0 saturated carbocycles. The zero-order valence-corrected chi connectivity index (χ0v) is 19.7. The minimum Gasteiger partial charge on any atom is -0.444 e. The predicted molar refractivity (Wildman–Crippen MR) is 120 cm³/mol. The standard InChI is InChI=1S/C21H37BN4O4/c1-19(2,3)29-18(27)26-11-9-16(10-12-26)25(8)17-23-13-15(14-24-17)22-30-21(6,7)20(4,5)28/h13-14,16,22,28H,9-12H2,1-8H3. The molecule has 1 amide bonds. The molecule has 1 aliphatic heterocycles. The third kappa shape index (κ3) is 6.57. The van der Waals surface area contributed by atoms with Crippen molar-refractivity contribution in [3.8, 4) is 0 Å². The van der Waals surface area contributed by atoms with Gasteiger partial charge in [0.1, 0.15) is 5.60 Å². The van der Waals surface area contributed by atoms with E-state index in [1.54, 1.807) is 31.1 Å². The van der Waals surface area contributed by atoms with Crippen LogP contribution in [0.5, 0.6) is 0 Å². The molecule has 1 saturated heterocycles. The van der Waals surface area contributed by atoms with Crippen LogP contribution in [0.2, 0.25) is 0 Å². The summed E-state index contributed by atoms with van der Waals surface area (Å²) < 4.78 is 11.3. The lowest BCUT2D eigenvalue weighted by Gasteiger charge is -2.37. The van der Waals surface area contributed by atoms with E-state index >= 15 is 0 Å². The number of hydrogen-bond acceptors (Lipinski definition) is 7. The van der Waals surface area contributed by atoms with E-state index in [0.29, 0.717) is 26.5 Å². The smallest absolute Gasteiger partial charge is 0.410 e. The number of likely N-dealkylation sites (tertiary alicyclic amines) is 1. The summed E-state index contributed by atoms with van der Waals surface area (Å²) >= 11 is 0. The summed E-state index contributed by atoms with van der Waals surface area (Å²) in [4.78, 5) is 25.0. The van der Waals surface area contributed by atoms with E-state index in [-0.39, 0.29) is 12.1 Å². The molecule has 0 radical (unpaired) electrons. The van der Waals surface area contributed by atoms with Crippen LogP contribution in [0.4, 0.5) is 10.7 Å². The van der Waals surface area contributed by atoms with Crippen molar-refractivity contribution in [2.45, 2.75) is 84.2 Å². The molecule has 0 unspecified atom stereocenters. The number of rotatable bonds is 6. The van der Waals surface area contributed by atoms with E-state index in [0.717, 1.165) is 18.3 Å². The molecule has 9 heteroatoms. The SMILES string of the molecule is CN(c1ncc(BOC(C)(C)C(C)(C)O)cn1)C1CCN(C(=O)OC(C)(C)C)CC1. The van der Waals surface area contributed by atoms with Crippen LogP contribution < -0.4 is 10.4 Å². The minimum absolute atomic E-state index is 0.252. The van der Waals surface area contributed by atoms with Crippen molar-refractivity contribution in [1.82, 2.24) is 14.9 Å². The number of hydrogen-bond donors (Lipinski definition) is 1. The summed E-state index contributed by atoms with van der Waals surface area (Å²) in [7, 11) is 2.31. The Morgan fingerprint density at radius 2 is 1.67 bits per heavy atom. The highest BCUT2D eigenvalue weighted by Crippen LogP contribution is 2.24. The Morgan fingerprint density at radius 3 is 2.13 bits per heavy atom. The zero-order chi connectivity index (χ0) is 22.7. The Morgan fingerprint density at radius 1 is 1.13 bits per heavy atom. The highest BCUT2D eigenvalue weighted by Gasteiger charge is 2.35. The lowest BCUT2D eigenvalue weighted by atomic mass is 9.84.